The molecule has 13 rings (SSSR count). The Morgan fingerprint density at radius 2 is 0.500 bits per heavy atom. The number of hydrogen-bond acceptors (Lipinski definition) is 25. The average Bonchev–Trinajstić information content (AvgIpc) is 0.749. The minimum atomic E-state index is -1.76. The van der Waals surface area contributed by atoms with E-state index in [1.807, 2.05) is 273 Å². The summed E-state index contributed by atoms with van der Waals surface area (Å²) < 4.78 is 139. The van der Waals surface area contributed by atoms with Crippen molar-refractivity contribution >= 4 is 23.9 Å². The van der Waals surface area contributed by atoms with E-state index in [1.54, 1.807) is 0 Å². The number of rotatable bonds is 41. The number of carbonyl (C=O) groups is 4. The molecule has 0 bridgehead atoms. The highest BCUT2D eigenvalue weighted by atomic mass is 16.8. The minimum absolute atomic E-state index is 0.0145. The first-order chi connectivity index (χ1) is 58.7. The molecule has 4 saturated heterocycles. The Morgan fingerprint density at radius 3 is 0.867 bits per heavy atom. The third-order valence-corrected chi connectivity index (χ3v) is 20.6. The third kappa shape index (κ3) is 25.9. The molecule has 4 heterocycles. The maximum atomic E-state index is 13.5. The number of nitrogens with two attached hydrogens (primary N) is 1. The molecule has 0 aromatic heterocycles. The first-order valence-electron chi connectivity index (χ1n) is 40.5. The molecule has 25 nitrogen and oxygen atoms in total. The summed E-state index contributed by atoms with van der Waals surface area (Å²) in [5.41, 5.74) is 15.4. The molecule has 25 heteroatoms. The molecule has 0 unspecified atom stereocenters. The van der Waals surface area contributed by atoms with Crippen LogP contribution in [0.4, 0.5) is 0 Å². The molecule has 2 N–H and O–H groups in total. The zero-order valence-electron chi connectivity index (χ0n) is 67.6. The van der Waals surface area contributed by atoms with Gasteiger partial charge >= 0.3 is 23.9 Å². The fourth-order valence-corrected chi connectivity index (χ4v) is 14.8. The summed E-state index contributed by atoms with van der Waals surface area (Å²) in [4.78, 5) is 52.5. The quantitative estimate of drug-likeness (QED) is 0.0275. The van der Waals surface area contributed by atoms with Gasteiger partial charge in [-0.25, -0.2) is 0 Å². The van der Waals surface area contributed by atoms with Crippen LogP contribution in [0.2, 0.25) is 0 Å². The summed E-state index contributed by atoms with van der Waals surface area (Å²) >= 11 is 0. The monoisotopic (exact) mass is 1640 g/mol. The Kier molecular flexibility index (Phi) is 33.5. The van der Waals surface area contributed by atoms with Crippen LogP contribution in [-0.4, -0.2) is 173 Å². The van der Waals surface area contributed by atoms with E-state index < -0.39 is 153 Å². The van der Waals surface area contributed by atoms with Gasteiger partial charge in [-0.05, 0) is 50.1 Å². The lowest BCUT2D eigenvalue weighted by Gasteiger charge is -2.52. The molecule has 9 aromatic carbocycles. The van der Waals surface area contributed by atoms with E-state index in [1.165, 1.54) is 6.92 Å². The van der Waals surface area contributed by atoms with Crippen molar-refractivity contribution in [2.24, 2.45) is 5.73 Å². The molecule has 0 aliphatic carbocycles. The Hall–Kier alpha value is -9.82. The van der Waals surface area contributed by atoms with Crippen molar-refractivity contribution in [1.82, 2.24) is 0 Å². The molecule has 4 fully saturated rings. The van der Waals surface area contributed by atoms with E-state index in [-0.39, 0.29) is 79.3 Å². The fourth-order valence-electron chi connectivity index (χ4n) is 14.8. The van der Waals surface area contributed by atoms with E-state index in [4.69, 9.17) is 100 Å². The van der Waals surface area contributed by atoms with Crippen molar-refractivity contribution in [3.63, 3.8) is 0 Å². The summed E-state index contributed by atoms with van der Waals surface area (Å²) in [6, 6.07) is 85.6. The summed E-state index contributed by atoms with van der Waals surface area (Å²) in [7, 11) is 0. The third-order valence-electron chi connectivity index (χ3n) is 20.6. The molecule has 120 heavy (non-hydrogen) atoms. The molecular weight excluding hydrogens is 1540 g/mol. The van der Waals surface area contributed by atoms with Crippen LogP contribution in [0.15, 0.2) is 273 Å². The maximum Gasteiger partial charge on any atom is 0.303 e. The maximum absolute atomic E-state index is 13.5. The van der Waals surface area contributed by atoms with Gasteiger partial charge in [-0.3, -0.25) is 19.2 Å². The lowest BCUT2D eigenvalue weighted by atomic mass is 9.94. The summed E-state index contributed by atoms with van der Waals surface area (Å²) in [5.74, 6) is -3.25. The molecule has 4 aliphatic rings. The lowest BCUT2D eigenvalue weighted by Crippen LogP contribution is -2.70. The molecule has 0 radical (unpaired) electrons. The summed E-state index contributed by atoms with van der Waals surface area (Å²) in [6.07, 6.45) is -25.4. The van der Waals surface area contributed by atoms with Crippen LogP contribution in [0.1, 0.15) is 77.8 Å². The SMILES string of the molecule is CC(=O)OC[C@H]1O[C@@H](O[C@H]2[C@H](OCc3ccccc3)[C@@H](N)[C@H](O[C@H]3[C@@H](OCc4ccccc4)[C@@H](COCc4ccccc4)O[C@@H](O[C@H]4[C@H](OCc5ccccc5)[C@@H](OCc5ccccc5)[C@H](OCc5ccccc5)O[C@@H]4COCc4ccccc4)[C@@H]3OCc3ccccc3)O[C@@H]2COCc2ccccc2)[C@H](OC(C)=O)[C@@H](OC(C)=O)[C@H]1OC(C)=O. The van der Waals surface area contributed by atoms with E-state index in [9.17, 15) is 19.2 Å². The standard InChI is InChI=1S/C95H105NO24/c1-63(97)104-62-79-84(111-64(2)98)88(112-65(3)99)91(113-66(4)100)95(117-79)118-82-77(60-102-51-68-34-16-6-17-35-68)114-92(80(96)85(82)106-54-71-40-22-9-23-41-71)120-87-81(105-53-70-38-20-8-21-39-70)76(59-101-50-67-32-14-5-15-33-67)116-94(90(87)109-57-74-46-28-12-29-47-74)119-83-78(61-103-52-69-36-18-7-19-37-69)115-93(110-58-75-48-30-13-31-49-75)89(108-56-73-44-26-11-27-45-73)86(83)107-55-72-42-24-10-25-43-72/h5-49,76-95H,50-62,96H2,1-4H3/t76-,77-,78-,79-,80-,81+,82-,83-,84+,85-,86+,87+,88+,89-,90-,91-,92+,93-,94+,95+/m1/s1. The van der Waals surface area contributed by atoms with E-state index in [0.29, 0.717) is 0 Å². The van der Waals surface area contributed by atoms with Crippen molar-refractivity contribution in [2.45, 2.75) is 210 Å². The van der Waals surface area contributed by atoms with Crippen LogP contribution in [0, 0.1) is 0 Å². The van der Waals surface area contributed by atoms with Crippen molar-refractivity contribution in [3.8, 4) is 0 Å². The van der Waals surface area contributed by atoms with Crippen molar-refractivity contribution in [1.29, 1.82) is 0 Å². The fraction of sp³-hybridized carbons (Fsp3) is 0.389. The second kappa shape index (κ2) is 45.7. The molecule has 0 spiro atoms. The molecule has 0 saturated carbocycles. The van der Waals surface area contributed by atoms with Gasteiger partial charge in [0.2, 0.25) is 0 Å². The smallest absolute Gasteiger partial charge is 0.303 e. The second-order valence-corrected chi connectivity index (χ2v) is 29.7. The van der Waals surface area contributed by atoms with Gasteiger partial charge in [-0.15, -0.1) is 0 Å². The van der Waals surface area contributed by atoms with Crippen molar-refractivity contribution < 1.29 is 114 Å². The Labute approximate surface area is 699 Å². The molecule has 0 amide bonds. The molecule has 634 valence electrons. The predicted octanol–water partition coefficient (Wildman–Crippen LogP) is 12.5. The van der Waals surface area contributed by atoms with Gasteiger partial charge in [0.05, 0.1) is 85.3 Å². The average molecular weight is 1640 g/mol. The van der Waals surface area contributed by atoms with Crippen LogP contribution in [0.5, 0.6) is 0 Å². The van der Waals surface area contributed by atoms with E-state index in [2.05, 4.69) is 0 Å². The number of benzene rings is 9. The topological polar surface area (TPSA) is 279 Å². The number of hydrogen-bond donors (Lipinski definition) is 1. The first kappa shape index (κ1) is 88.0. The van der Waals surface area contributed by atoms with Crippen molar-refractivity contribution in [3.05, 3.63) is 323 Å². The van der Waals surface area contributed by atoms with Crippen molar-refractivity contribution in [2.75, 3.05) is 26.4 Å². The number of ether oxygens (including phenoxy) is 20. The van der Waals surface area contributed by atoms with Crippen LogP contribution in [-0.2, 0) is 173 Å². The zero-order valence-corrected chi connectivity index (χ0v) is 67.6. The molecule has 4 aliphatic heterocycles. The van der Waals surface area contributed by atoms with Gasteiger partial charge in [-0.2, -0.15) is 0 Å². The highest BCUT2D eigenvalue weighted by Crippen LogP contribution is 2.41. The zero-order chi connectivity index (χ0) is 83.2. The molecule has 20 atom stereocenters. The van der Waals surface area contributed by atoms with E-state index in [0.717, 1.165) is 70.8 Å². The van der Waals surface area contributed by atoms with Gasteiger partial charge < -0.3 is 100 Å². The van der Waals surface area contributed by atoms with E-state index >= 15 is 0 Å². The van der Waals surface area contributed by atoms with Crippen LogP contribution >= 0.6 is 0 Å². The minimum Gasteiger partial charge on any atom is -0.463 e. The molecular formula is C95H105NO24. The Balaban J connectivity index is 0.955. The largest absolute Gasteiger partial charge is 0.463 e. The Morgan fingerprint density at radius 1 is 0.242 bits per heavy atom. The van der Waals surface area contributed by atoms with Crippen LogP contribution in [0.25, 0.3) is 0 Å². The summed E-state index contributed by atoms with van der Waals surface area (Å²) in [5, 5.41) is 0. The Bertz CT molecular complexity index is 4480. The van der Waals surface area contributed by atoms with Gasteiger partial charge in [0.15, 0.2) is 43.5 Å². The van der Waals surface area contributed by atoms with Crippen LogP contribution in [0.3, 0.4) is 0 Å². The van der Waals surface area contributed by atoms with Gasteiger partial charge in [0.1, 0.15) is 79.9 Å². The highest BCUT2D eigenvalue weighted by Gasteiger charge is 2.59. The normalized spacial score (nSPS) is 26.7. The van der Waals surface area contributed by atoms with Gasteiger partial charge in [-0.1, -0.05) is 273 Å². The number of carbonyl (C=O) groups excluding carboxylic acids is 4. The second-order valence-electron chi connectivity index (χ2n) is 29.7. The molecule has 9 aromatic rings. The van der Waals surface area contributed by atoms with Crippen LogP contribution < -0.4 is 5.73 Å². The first-order valence-corrected chi connectivity index (χ1v) is 40.5. The van der Waals surface area contributed by atoms with Gasteiger partial charge in [0.25, 0.3) is 0 Å². The predicted molar refractivity (Wildman–Crippen MR) is 435 cm³/mol. The number of esters is 4. The van der Waals surface area contributed by atoms with Gasteiger partial charge in [0, 0.05) is 27.7 Å². The highest BCUT2D eigenvalue weighted by molar-refractivity contribution is 5.69. The summed E-state index contributed by atoms with van der Waals surface area (Å²) in [6.45, 7) is 4.17. The lowest BCUT2D eigenvalue weighted by molar-refractivity contribution is -0.393.